The zero-order chi connectivity index (χ0) is 24.6. The van der Waals surface area contributed by atoms with Crippen LogP contribution in [0.15, 0.2) is 54.7 Å². The smallest absolute Gasteiger partial charge is 0.308 e. The van der Waals surface area contributed by atoms with Crippen LogP contribution in [0, 0.1) is 23.7 Å². The largest absolute Gasteiger partial charge is 0.497 e. The zero-order valence-corrected chi connectivity index (χ0v) is 20.4. The number of carboxylic acids is 1. The molecule has 0 unspecified atom stereocenters. The van der Waals surface area contributed by atoms with Crippen molar-refractivity contribution in [2.45, 2.75) is 25.7 Å². The van der Waals surface area contributed by atoms with Crippen LogP contribution in [0.2, 0.25) is 0 Å². The second-order valence-electron chi connectivity index (χ2n) is 9.00. The number of nitrogens with zero attached hydrogens (tertiary/aromatic N) is 2. The first-order valence-electron chi connectivity index (χ1n) is 12.1. The van der Waals surface area contributed by atoms with Gasteiger partial charge in [0, 0.05) is 23.7 Å². The average Bonchev–Trinajstić information content (AvgIpc) is 2.89. The molecule has 35 heavy (non-hydrogen) atoms. The molecule has 182 valence electrons. The van der Waals surface area contributed by atoms with Crippen molar-refractivity contribution in [3.8, 4) is 23.3 Å². The Kier molecular flexibility index (Phi) is 8.23. The highest BCUT2D eigenvalue weighted by Crippen LogP contribution is 2.30. The summed E-state index contributed by atoms with van der Waals surface area (Å²) in [7, 11) is 3.31. The van der Waals surface area contributed by atoms with E-state index in [1.807, 2.05) is 48.7 Å². The van der Waals surface area contributed by atoms with E-state index in [2.05, 4.69) is 27.8 Å². The summed E-state index contributed by atoms with van der Waals surface area (Å²) in [4.78, 5) is 18.7. The van der Waals surface area contributed by atoms with Gasteiger partial charge < -0.3 is 14.6 Å². The number of fused-ring (bicyclic) bond motifs is 1. The van der Waals surface area contributed by atoms with Gasteiger partial charge in [-0.3, -0.25) is 14.7 Å². The van der Waals surface area contributed by atoms with Crippen LogP contribution in [-0.4, -0.2) is 54.8 Å². The van der Waals surface area contributed by atoms with Crippen LogP contribution in [0.5, 0.6) is 11.5 Å². The first kappa shape index (κ1) is 24.6. The number of rotatable bonds is 8. The Morgan fingerprint density at radius 2 is 1.89 bits per heavy atom. The van der Waals surface area contributed by atoms with Crippen LogP contribution in [0.3, 0.4) is 0 Å². The maximum Gasteiger partial charge on any atom is 0.308 e. The van der Waals surface area contributed by atoms with Gasteiger partial charge in [-0.05, 0) is 92.2 Å². The number of hydrogen-bond acceptors (Lipinski definition) is 5. The topological polar surface area (TPSA) is 71.9 Å². The summed E-state index contributed by atoms with van der Waals surface area (Å²) in [6, 6.07) is 15.6. The number of carboxylic acid groups (broad SMARTS) is 1. The van der Waals surface area contributed by atoms with Gasteiger partial charge in [-0.25, -0.2) is 0 Å². The number of methoxy groups -OCH3 is 2. The van der Waals surface area contributed by atoms with Gasteiger partial charge >= 0.3 is 5.97 Å². The Bertz CT molecular complexity index is 1210. The van der Waals surface area contributed by atoms with E-state index in [4.69, 9.17) is 9.47 Å². The number of carbonyl (C=O) groups is 1. The number of ether oxygens (including phenoxy) is 2. The lowest BCUT2D eigenvalue weighted by atomic mass is 9.81. The first-order valence-corrected chi connectivity index (χ1v) is 12.1. The Balaban J connectivity index is 1.32. The first-order chi connectivity index (χ1) is 17.1. The van der Waals surface area contributed by atoms with E-state index in [1.165, 1.54) is 5.56 Å². The molecular weight excluding hydrogens is 440 g/mol. The molecule has 0 amide bonds. The quantitative estimate of drug-likeness (QED) is 0.481. The molecule has 0 radical (unpaired) electrons. The molecule has 1 saturated heterocycles. The van der Waals surface area contributed by atoms with Crippen LogP contribution in [0.25, 0.3) is 10.9 Å². The average molecular weight is 473 g/mol. The van der Waals surface area contributed by atoms with Crippen LogP contribution in [0.1, 0.15) is 30.4 Å². The van der Waals surface area contributed by atoms with Crippen molar-refractivity contribution >= 4 is 16.9 Å². The fraction of sp³-hybridized carbons (Fsp3) is 0.379. The molecule has 1 aliphatic heterocycles. The monoisotopic (exact) mass is 472 g/mol. The van der Waals surface area contributed by atoms with Gasteiger partial charge in [0.1, 0.15) is 11.5 Å². The summed E-state index contributed by atoms with van der Waals surface area (Å²) >= 11 is 0. The Morgan fingerprint density at radius 3 is 2.63 bits per heavy atom. The zero-order valence-electron chi connectivity index (χ0n) is 20.4. The molecule has 3 aromatic rings. The molecule has 0 aliphatic carbocycles. The van der Waals surface area contributed by atoms with Crippen LogP contribution in [0.4, 0.5) is 0 Å². The lowest BCUT2D eigenvalue weighted by Crippen LogP contribution is -2.44. The molecule has 0 saturated carbocycles. The van der Waals surface area contributed by atoms with E-state index in [9.17, 15) is 9.90 Å². The molecule has 6 heteroatoms. The van der Waals surface area contributed by atoms with E-state index in [0.717, 1.165) is 60.2 Å². The third kappa shape index (κ3) is 6.32. The fourth-order valence-corrected chi connectivity index (χ4v) is 4.85. The summed E-state index contributed by atoms with van der Waals surface area (Å²) in [5.74, 6) is 7.10. The van der Waals surface area contributed by atoms with Crippen molar-refractivity contribution < 1.29 is 19.4 Å². The second kappa shape index (κ2) is 11.7. The standard InChI is InChI=1S/C29H32N2O4/c1-34-24-10-8-21(9-11-24)5-4-17-31-18-15-23(27(20-31)29(32)33)7-3-6-22-14-16-30-28-13-12-25(35-2)19-26(22)28/h8-14,16,19,23,27H,3,6-7,15,17-18,20H2,1-2H3,(H,32,33)/t23-,27+/m1/s1. The molecule has 1 N–H and O–H groups in total. The van der Waals surface area contributed by atoms with Crippen molar-refractivity contribution in [1.29, 1.82) is 0 Å². The maximum atomic E-state index is 12.0. The van der Waals surface area contributed by atoms with Crippen molar-refractivity contribution in [2.24, 2.45) is 11.8 Å². The summed E-state index contributed by atoms with van der Waals surface area (Å²) in [6.45, 7) is 2.00. The lowest BCUT2D eigenvalue weighted by molar-refractivity contribution is -0.146. The SMILES string of the molecule is COc1ccc(C#CCN2CC[C@@H](CCCc3ccnc4ccc(OC)cc34)[C@@H](C(=O)O)C2)cc1. The van der Waals surface area contributed by atoms with Crippen molar-refractivity contribution in [3.05, 3.63) is 65.9 Å². The minimum Gasteiger partial charge on any atom is -0.497 e. The highest BCUT2D eigenvalue weighted by atomic mass is 16.5. The van der Waals surface area contributed by atoms with E-state index in [1.54, 1.807) is 14.2 Å². The molecule has 0 spiro atoms. The Hall–Kier alpha value is -3.56. The molecule has 2 atom stereocenters. The van der Waals surface area contributed by atoms with Crippen molar-refractivity contribution in [2.75, 3.05) is 33.9 Å². The van der Waals surface area contributed by atoms with Gasteiger partial charge in [0.2, 0.25) is 0 Å². The highest BCUT2D eigenvalue weighted by molar-refractivity contribution is 5.83. The number of aliphatic carboxylic acids is 1. The van der Waals surface area contributed by atoms with E-state index in [0.29, 0.717) is 13.1 Å². The number of hydrogen-bond donors (Lipinski definition) is 1. The number of piperidine rings is 1. The Morgan fingerprint density at radius 1 is 1.11 bits per heavy atom. The third-order valence-electron chi connectivity index (χ3n) is 6.84. The number of likely N-dealkylation sites (tertiary alicyclic amines) is 1. The third-order valence-corrected chi connectivity index (χ3v) is 6.84. The molecule has 2 heterocycles. The maximum absolute atomic E-state index is 12.0. The number of aryl methyl sites for hydroxylation is 1. The number of benzene rings is 2. The summed E-state index contributed by atoms with van der Waals surface area (Å²) in [5.41, 5.74) is 3.11. The molecule has 1 fully saturated rings. The van der Waals surface area contributed by atoms with Gasteiger partial charge in [0.25, 0.3) is 0 Å². The van der Waals surface area contributed by atoms with Gasteiger partial charge in [-0.2, -0.15) is 0 Å². The van der Waals surface area contributed by atoms with Gasteiger partial charge in [0.05, 0.1) is 32.2 Å². The predicted octanol–water partition coefficient (Wildman–Crippen LogP) is 4.65. The summed E-state index contributed by atoms with van der Waals surface area (Å²) in [6.07, 6.45) is 5.46. The van der Waals surface area contributed by atoms with Gasteiger partial charge in [-0.15, -0.1) is 0 Å². The van der Waals surface area contributed by atoms with Crippen molar-refractivity contribution in [1.82, 2.24) is 9.88 Å². The lowest BCUT2D eigenvalue weighted by Gasteiger charge is -2.35. The van der Waals surface area contributed by atoms with Gasteiger partial charge in [0.15, 0.2) is 0 Å². The number of aromatic nitrogens is 1. The molecular formula is C29H32N2O4. The van der Waals surface area contributed by atoms with Crippen LogP contribution < -0.4 is 9.47 Å². The van der Waals surface area contributed by atoms with Crippen molar-refractivity contribution in [3.63, 3.8) is 0 Å². The molecule has 4 rings (SSSR count). The summed E-state index contributed by atoms with van der Waals surface area (Å²) < 4.78 is 10.6. The molecule has 1 aromatic heterocycles. The number of pyridine rings is 1. The fourth-order valence-electron chi connectivity index (χ4n) is 4.85. The predicted molar refractivity (Wildman–Crippen MR) is 137 cm³/mol. The van der Waals surface area contributed by atoms with Crippen LogP contribution >= 0.6 is 0 Å². The van der Waals surface area contributed by atoms with E-state index >= 15 is 0 Å². The normalized spacial score (nSPS) is 18.0. The minimum absolute atomic E-state index is 0.181. The second-order valence-corrected chi connectivity index (χ2v) is 9.00. The van der Waals surface area contributed by atoms with Crippen LogP contribution in [-0.2, 0) is 11.2 Å². The highest BCUT2D eigenvalue weighted by Gasteiger charge is 2.33. The Labute approximate surface area is 206 Å². The molecule has 0 bridgehead atoms. The molecule has 1 aliphatic rings. The summed E-state index contributed by atoms with van der Waals surface area (Å²) in [5, 5.41) is 11.0. The van der Waals surface area contributed by atoms with E-state index < -0.39 is 5.97 Å². The minimum atomic E-state index is -0.707. The molecule has 6 nitrogen and oxygen atoms in total. The van der Waals surface area contributed by atoms with E-state index in [-0.39, 0.29) is 11.8 Å². The molecule has 2 aromatic carbocycles. The van der Waals surface area contributed by atoms with Gasteiger partial charge in [-0.1, -0.05) is 11.8 Å².